The Morgan fingerprint density at radius 3 is 2.18 bits per heavy atom. The van der Waals surface area contributed by atoms with Crippen LogP contribution in [0.2, 0.25) is 0 Å². The molecule has 2 aromatic carbocycles. The first-order valence-electron chi connectivity index (χ1n) is 5.06. The molecule has 2 rings (SSSR count). The predicted molar refractivity (Wildman–Crippen MR) is 65.2 cm³/mol. The van der Waals surface area contributed by atoms with Crippen LogP contribution in [0.3, 0.4) is 0 Å². The van der Waals surface area contributed by atoms with Crippen molar-refractivity contribution >= 4 is 11.8 Å². The zero-order chi connectivity index (χ0) is 12.3. The highest BCUT2D eigenvalue weighted by molar-refractivity contribution is 5.91. The van der Waals surface area contributed by atoms with Crippen LogP contribution in [0.1, 0.15) is 0 Å². The van der Waals surface area contributed by atoms with E-state index in [1.54, 1.807) is 48.5 Å². The van der Waals surface area contributed by atoms with Crippen LogP contribution >= 0.6 is 0 Å². The van der Waals surface area contributed by atoms with Crippen molar-refractivity contribution < 1.29 is 15.0 Å². The van der Waals surface area contributed by atoms with Gasteiger partial charge in [0.1, 0.15) is 5.75 Å². The summed E-state index contributed by atoms with van der Waals surface area (Å²) >= 11 is 0. The van der Waals surface area contributed by atoms with Crippen molar-refractivity contribution in [2.45, 2.75) is 0 Å². The maximum atomic E-state index is 10.7. The zero-order valence-corrected chi connectivity index (χ0v) is 8.92. The van der Waals surface area contributed by atoms with Gasteiger partial charge in [-0.1, -0.05) is 36.4 Å². The molecule has 0 aliphatic rings. The van der Waals surface area contributed by atoms with Gasteiger partial charge >= 0.3 is 6.09 Å². The number of carbonyl (C=O) groups is 1. The molecule has 4 heteroatoms. The third-order valence-electron chi connectivity index (χ3n) is 2.36. The molecule has 2 aromatic rings. The lowest BCUT2D eigenvalue weighted by atomic mass is 10.0. The monoisotopic (exact) mass is 229 g/mol. The van der Waals surface area contributed by atoms with Crippen LogP contribution in [0.4, 0.5) is 10.5 Å². The van der Waals surface area contributed by atoms with Gasteiger partial charge in [0.15, 0.2) is 0 Å². The second kappa shape index (κ2) is 4.57. The molecule has 1 amide bonds. The second-order valence-corrected chi connectivity index (χ2v) is 3.49. The quantitative estimate of drug-likeness (QED) is 0.740. The van der Waals surface area contributed by atoms with Crippen molar-refractivity contribution in [3.05, 3.63) is 48.5 Å². The van der Waals surface area contributed by atoms with E-state index < -0.39 is 6.09 Å². The minimum atomic E-state index is -1.13. The third kappa shape index (κ3) is 2.36. The largest absolute Gasteiger partial charge is 0.507 e. The maximum Gasteiger partial charge on any atom is 0.409 e. The van der Waals surface area contributed by atoms with Crippen LogP contribution in [0, 0.1) is 0 Å². The molecule has 0 bridgehead atoms. The Balaban J connectivity index is 2.52. The van der Waals surface area contributed by atoms with E-state index in [4.69, 9.17) is 5.11 Å². The molecule has 0 atom stereocenters. The highest BCUT2D eigenvalue weighted by atomic mass is 16.4. The van der Waals surface area contributed by atoms with Crippen LogP contribution in [0.15, 0.2) is 48.5 Å². The van der Waals surface area contributed by atoms with E-state index in [0.29, 0.717) is 16.8 Å². The van der Waals surface area contributed by atoms with Crippen molar-refractivity contribution in [3.63, 3.8) is 0 Å². The van der Waals surface area contributed by atoms with Gasteiger partial charge in [-0.15, -0.1) is 0 Å². The lowest BCUT2D eigenvalue weighted by Crippen LogP contribution is -2.08. The number of rotatable bonds is 2. The molecule has 0 heterocycles. The Labute approximate surface area is 98.2 Å². The van der Waals surface area contributed by atoms with Crippen molar-refractivity contribution in [2.75, 3.05) is 5.32 Å². The van der Waals surface area contributed by atoms with Crippen molar-refractivity contribution in [2.24, 2.45) is 0 Å². The van der Waals surface area contributed by atoms with E-state index in [1.807, 2.05) is 0 Å². The molecule has 0 radical (unpaired) electrons. The van der Waals surface area contributed by atoms with Gasteiger partial charge in [0.25, 0.3) is 0 Å². The topological polar surface area (TPSA) is 69.6 Å². The second-order valence-electron chi connectivity index (χ2n) is 3.49. The van der Waals surface area contributed by atoms with Crippen LogP contribution < -0.4 is 5.32 Å². The lowest BCUT2D eigenvalue weighted by molar-refractivity contribution is 0.210. The highest BCUT2D eigenvalue weighted by Crippen LogP contribution is 2.33. The Morgan fingerprint density at radius 2 is 1.53 bits per heavy atom. The summed E-state index contributed by atoms with van der Waals surface area (Å²) in [5.74, 6) is 0.118. The summed E-state index contributed by atoms with van der Waals surface area (Å²) in [6, 6.07) is 13.7. The molecule has 0 saturated carbocycles. The minimum absolute atomic E-state index is 0.118. The van der Waals surface area contributed by atoms with E-state index in [-0.39, 0.29) is 5.75 Å². The number of anilines is 1. The number of phenols is 1. The molecule has 4 nitrogen and oxygen atoms in total. The number of benzene rings is 2. The van der Waals surface area contributed by atoms with Crippen molar-refractivity contribution in [1.29, 1.82) is 0 Å². The Bertz CT molecular complexity index is 552. The van der Waals surface area contributed by atoms with Gasteiger partial charge in [0.2, 0.25) is 0 Å². The summed E-state index contributed by atoms with van der Waals surface area (Å²) in [7, 11) is 0. The molecular weight excluding hydrogens is 218 g/mol. The summed E-state index contributed by atoms with van der Waals surface area (Å²) in [6.07, 6.45) is -1.13. The van der Waals surface area contributed by atoms with Gasteiger partial charge in [-0.05, 0) is 12.1 Å². The first-order valence-corrected chi connectivity index (χ1v) is 5.06. The molecule has 86 valence electrons. The molecule has 0 unspecified atom stereocenters. The number of para-hydroxylation sites is 2. The zero-order valence-electron chi connectivity index (χ0n) is 8.92. The lowest BCUT2D eigenvalue weighted by Gasteiger charge is -2.10. The number of nitrogens with one attached hydrogen (secondary N) is 1. The van der Waals surface area contributed by atoms with Crippen LogP contribution in [0.5, 0.6) is 5.75 Å². The highest BCUT2D eigenvalue weighted by Gasteiger charge is 2.09. The van der Waals surface area contributed by atoms with Gasteiger partial charge in [-0.2, -0.15) is 0 Å². The number of amides is 1. The fourth-order valence-corrected chi connectivity index (χ4v) is 1.64. The molecule has 17 heavy (non-hydrogen) atoms. The molecule has 0 aliphatic carbocycles. The predicted octanol–water partition coefficient (Wildman–Crippen LogP) is 3.15. The number of aromatic hydroxyl groups is 1. The Kier molecular flexibility index (Phi) is 2.96. The first kappa shape index (κ1) is 11.0. The van der Waals surface area contributed by atoms with E-state index in [1.165, 1.54) is 0 Å². The Hall–Kier alpha value is -2.49. The Morgan fingerprint density at radius 1 is 0.941 bits per heavy atom. The summed E-state index contributed by atoms with van der Waals surface area (Å²) in [5, 5.41) is 20.8. The van der Waals surface area contributed by atoms with E-state index >= 15 is 0 Å². The van der Waals surface area contributed by atoms with E-state index in [0.717, 1.165) is 0 Å². The smallest absolute Gasteiger partial charge is 0.409 e. The SMILES string of the molecule is O=C(O)Nc1ccccc1-c1ccccc1O. The first-order chi connectivity index (χ1) is 8.18. The van der Waals surface area contributed by atoms with Crippen LogP contribution in [0.25, 0.3) is 11.1 Å². The van der Waals surface area contributed by atoms with Gasteiger partial charge in [0, 0.05) is 11.1 Å². The maximum absolute atomic E-state index is 10.7. The van der Waals surface area contributed by atoms with Gasteiger partial charge in [-0.3, -0.25) is 5.32 Å². The van der Waals surface area contributed by atoms with E-state index in [2.05, 4.69) is 5.32 Å². The summed E-state index contributed by atoms with van der Waals surface area (Å²) < 4.78 is 0. The average Bonchev–Trinajstić information content (AvgIpc) is 2.30. The van der Waals surface area contributed by atoms with Gasteiger partial charge < -0.3 is 10.2 Å². The molecule has 0 saturated heterocycles. The molecule has 0 aliphatic heterocycles. The molecule has 0 aromatic heterocycles. The molecule has 0 spiro atoms. The van der Waals surface area contributed by atoms with Crippen molar-refractivity contribution in [3.8, 4) is 16.9 Å². The van der Waals surface area contributed by atoms with E-state index in [9.17, 15) is 9.90 Å². The normalized spacial score (nSPS) is 9.88. The summed E-state index contributed by atoms with van der Waals surface area (Å²) in [6.45, 7) is 0. The number of hydrogen-bond donors (Lipinski definition) is 3. The van der Waals surface area contributed by atoms with Gasteiger partial charge in [0.05, 0.1) is 5.69 Å². The molecule has 0 fully saturated rings. The van der Waals surface area contributed by atoms with Crippen molar-refractivity contribution in [1.82, 2.24) is 0 Å². The standard InChI is InChI=1S/C13H11NO3/c15-12-8-4-2-6-10(12)9-5-1-3-7-11(9)14-13(16)17/h1-8,14-15H,(H,16,17). The number of hydrogen-bond acceptors (Lipinski definition) is 2. The fraction of sp³-hybridized carbons (Fsp3) is 0. The summed E-state index contributed by atoms with van der Waals surface area (Å²) in [5.41, 5.74) is 1.69. The number of carboxylic acid groups (broad SMARTS) is 1. The summed E-state index contributed by atoms with van der Waals surface area (Å²) in [4.78, 5) is 10.7. The van der Waals surface area contributed by atoms with Crippen LogP contribution in [-0.2, 0) is 0 Å². The van der Waals surface area contributed by atoms with Crippen LogP contribution in [-0.4, -0.2) is 16.3 Å². The van der Waals surface area contributed by atoms with Gasteiger partial charge in [-0.25, -0.2) is 4.79 Å². The minimum Gasteiger partial charge on any atom is -0.507 e. The average molecular weight is 229 g/mol. The molecular formula is C13H11NO3. The molecule has 3 N–H and O–H groups in total. The fourth-order valence-electron chi connectivity index (χ4n) is 1.64. The number of phenolic OH excluding ortho intramolecular Hbond substituents is 1. The third-order valence-corrected chi connectivity index (χ3v) is 2.36.